The Morgan fingerprint density at radius 1 is 1.18 bits per heavy atom. The van der Waals surface area contributed by atoms with Crippen molar-refractivity contribution in [1.29, 1.82) is 0 Å². The Morgan fingerprint density at radius 2 is 1.93 bits per heavy atom. The molecule has 0 saturated carbocycles. The molecule has 0 aliphatic carbocycles. The van der Waals surface area contributed by atoms with Gasteiger partial charge in [0, 0.05) is 13.6 Å². The van der Waals surface area contributed by atoms with Gasteiger partial charge in [0.15, 0.2) is 0 Å². The molecular weight excluding hydrogens is 374 g/mol. The van der Waals surface area contributed by atoms with E-state index in [9.17, 15) is 14.4 Å². The van der Waals surface area contributed by atoms with Crippen LogP contribution in [-0.2, 0) is 11.3 Å². The monoisotopic (exact) mass is 399 g/mol. The zero-order chi connectivity index (χ0) is 20.4. The predicted molar refractivity (Wildman–Crippen MR) is 114 cm³/mol. The smallest absolute Gasteiger partial charge is 0.336 e. The quantitative estimate of drug-likeness (QED) is 0.640. The number of rotatable bonds is 6. The predicted octanol–water partition coefficient (Wildman–Crippen LogP) is 3.09. The van der Waals surface area contributed by atoms with Gasteiger partial charge in [-0.3, -0.25) is 14.2 Å². The van der Waals surface area contributed by atoms with E-state index in [0.29, 0.717) is 22.4 Å². The summed E-state index contributed by atoms with van der Waals surface area (Å²) in [5.74, 6) is -0.144. The Hall–Kier alpha value is -2.67. The van der Waals surface area contributed by atoms with Crippen molar-refractivity contribution >= 4 is 27.5 Å². The average Bonchev–Trinajstić information content (AvgIpc) is 3.16. The largest absolute Gasteiger partial charge is 0.344 e. The number of carbonyl (C=O) groups excluding carboxylic acids is 1. The molecule has 1 amide bonds. The second-order valence-electron chi connectivity index (χ2n) is 7.03. The SMILES string of the molecule is CCCCN(C)C(=O)Cn1c(=O)n(-c2cccc(C)c2C)c(=O)c2sccc21. The third-order valence-corrected chi connectivity index (χ3v) is 6.03. The number of likely N-dealkylation sites (N-methyl/N-ethyl adjacent to an activating group) is 1. The first-order valence-corrected chi connectivity index (χ1v) is 10.3. The molecular formula is C21H25N3O3S. The van der Waals surface area contributed by atoms with Gasteiger partial charge in [-0.1, -0.05) is 25.5 Å². The van der Waals surface area contributed by atoms with Crippen molar-refractivity contribution in [2.24, 2.45) is 0 Å². The van der Waals surface area contributed by atoms with E-state index in [4.69, 9.17) is 0 Å². The minimum Gasteiger partial charge on any atom is -0.344 e. The van der Waals surface area contributed by atoms with Gasteiger partial charge in [0.1, 0.15) is 11.2 Å². The fourth-order valence-electron chi connectivity index (χ4n) is 3.21. The molecule has 2 heterocycles. The van der Waals surface area contributed by atoms with Crippen molar-refractivity contribution in [3.63, 3.8) is 0 Å². The lowest BCUT2D eigenvalue weighted by atomic mass is 10.1. The van der Waals surface area contributed by atoms with Gasteiger partial charge < -0.3 is 4.90 Å². The molecule has 28 heavy (non-hydrogen) atoms. The minimum absolute atomic E-state index is 0.0859. The molecule has 0 N–H and O–H groups in total. The Labute approximate surface area is 167 Å². The molecule has 6 nitrogen and oxygen atoms in total. The first-order chi connectivity index (χ1) is 13.4. The molecule has 1 aromatic carbocycles. The molecule has 0 aliphatic rings. The zero-order valence-electron chi connectivity index (χ0n) is 16.7. The molecule has 0 radical (unpaired) electrons. The summed E-state index contributed by atoms with van der Waals surface area (Å²) in [7, 11) is 1.74. The molecule has 3 aromatic rings. The van der Waals surface area contributed by atoms with Crippen LogP contribution in [0.25, 0.3) is 15.9 Å². The number of carbonyl (C=O) groups is 1. The van der Waals surface area contributed by atoms with Crippen LogP contribution in [0.1, 0.15) is 30.9 Å². The molecule has 2 aromatic heterocycles. The number of thiophene rings is 1. The maximum Gasteiger partial charge on any atom is 0.336 e. The average molecular weight is 400 g/mol. The van der Waals surface area contributed by atoms with Crippen LogP contribution in [0.15, 0.2) is 39.2 Å². The van der Waals surface area contributed by atoms with E-state index in [2.05, 4.69) is 6.92 Å². The van der Waals surface area contributed by atoms with Gasteiger partial charge in [0.25, 0.3) is 5.56 Å². The highest BCUT2D eigenvalue weighted by Gasteiger charge is 2.20. The third kappa shape index (κ3) is 3.54. The Morgan fingerprint density at radius 3 is 2.64 bits per heavy atom. The van der Waals surface area contributed by atoms with Crippen LogP contribution in [0, 0.1) is 13.8 Å². The fraction of sp³-hybridized carbons (Fsp3) is 0.381. The van der Waals surface area contributed by atoms with Gasteiger partial charge >= 0.3 is 5.69 Å². The van der Waals surface area contributed by atoms with Crippen LogP contribution in [0.2, 0.25) is 0 Å². The molecule has 0 aliphatic heterocycles. The van der Waals surface area contributed by atoms with Gasteiger partial charge in [0.2, 0.25) is 5.91 Å². The molecule has 148 valence electrons. The van der Waals surface area contributed by atoms with E-state index in [1.165, 1.54) is 20.5 Å². The summed E-state index contributed by atoms with van der Waals surface area (Å²) >= 11 is 1.29. The standard InChI is InChI=1S/C21H25N3O3S/c1-5-6-11-22(4)18(25)13-23-17-10-12-28-19(17)20(26)24(21(23)27)16-9-7-8-14(2)15(16)3/h7-10,12H,5-6,11,13H2,1-4H3. The summed E-state index contributed by atoms with van der Waals surface area (Å²) < 4.78 is 3.09. The van der Waals surface area contributed by atoms with E-state index < -0.39 is 5.69 Å². The number of aryl methyl sites for hydroxylation is 1. The maximum atomic E-state index is 13.3. The number of amides is 1. The van der Waals surface area contributed by atoms with E-state index in [0.717, 1.165) is 24.0 Å². The number of aromatic nitrogens is 2. The highest BCUT2D eigenvalue weighted by Crippen LogP contribution is 2.19. The summed E-state index contributed by atoms with van der Waals surface area (Å²) in [6.07, 6.45) is 1.90. The van der Waals surface area contributed by atoms with Crippen LogP contribution >= 0.6 is 11.3 Å². The number of hydrogen-bond donors (Lipinski definition) is 0. The van der Waals surface area contributed by atoms with Crippen molar-refractivity contribution in [2.75, 3.05) is 13.6 Å². The minimum atomic E-state index is -0.484. The van der Waals surface area contributed by atoms with E-state index in [1.807, 2.05) is 26.0 Å². The molecule has 0 saturated heterocycles. The highest BCUT2D eigenvalue weighted by atomic mass is 32.1. The van der Waals surface area contributed by atoms with Crippen LogP contribution in [0.3, 0.4) is 0 Å². The van der Waals surface area contributed by atoms with E-state index >= 15 is 0 Å². The zero-order valence-corrected chi connectivity index (χ0v) is 17.5. The Bertz CT molecular complexity index is 1140. The maximum absolute atomic E-state index is 13.3. The molecule has 0 spiro atoms. The van der Waals surface area contributed by atoms with Crippen molar-refractivity contribution < 1.29 is 4.79 Å². The van der Waals surface area contributed by atoms with Crippen molar-refractivity contribution in [3.05, 3.63) is 61.6 Å². The Kier molecular flexibility index (Phi) is 5.84. The van der Waals surface area contributed by atoms with Crippen molar-refractivity contribution in [3.8, 4) is 5.69 Å². The lowest BCUT2D eigenvalue weighted by Gasteiger charge is -2.19. The van der Waals surface area contributed by atoms with E-state index in [-0.39, 0.29) is 18.0 Å². The molecule has 0 atom stereocenters. The molecule has 7 heteroatoms. The normalized spacial score (nSPS) is 11.1. The van der Waals surface area contributed by atoms with Gasteiger partial charge in [-0.2, -0.15) is 0 Å². The van der Waals surface area contributed by atoms with Crippen molar-refractivity contribution in [1.82, 2.24) is 14.0 Å². The highest BCUT2D eigenvalue weighted by molar-refractivity contribution is 7.17. The van der Waals surface area contributed by atoms with Gasteiger partial charge in [-0.25, -0.2) is 9.36 Å². The summed E-state index contributed by atoms with van der Waals surface area (Å²) in [5, 5.41) is 1.78. The van der Waals surface area contributed by atoms with Crippen molar-refractivity contribution in [2.45, 2.75) is 40.2 Å². The van der Waals surface area contributed by atoms with Crippen LogP contribution in [-0.4, -0.2) is 33.5 Å². The summed E-state index contributed by atoms with van der Waals surface area (Å²) in [5.41, 5.74) is 2.12. The molecule has 3 rings (SSSR count). The van der Waals surface area contributed by atoms with E-state index in [1.54, 1.807) is 29.5 Å². The number of unbranched alkanes of at least 4 members (excludes halogenated alkanes) is 1. The molecule has 0 fully saturated rings. The summed E-state index contributed by atoms with van der Waals surface area (Å²) in [6, 6.07) is 7.27. The fourth-order valence-corrected chi connectivity index (χ4v) is 4.03. The summed E-state index contributed by atoms with van der Waals surface area (Å²) in [4.78, 5) is 40.7. The number of nitrogens with zero attached hydrogens (tertiary/aromatic N) is 3. The van der Waals surface area contributed by atoms with Crippen LogP contribution < -0.4 is 11.2 Å². The first kappa shape index (κ1) is 20.1. The van der Waals surface area contributed by atoms with Gasteiger partial charge in [0.05, 0.1) is 11.2 Å². The topological polar surface area (TPSA) is 64.3 Å². The molecule has 0 unspecified atom stereocenters. The van der Waals surface area contributed by atoms with Crippen LogP contribution in [0.5, 0.6) is 0 Å². The number of fused-ring (bicyclic) bond motifs is 1. The lowest BCUT2D eigenvalue weighted by molar-refractivity contribution is -0.130. The Balaban J connectivity index is 2.18. The lowest BCUT2D eigenvalue weighted by Crippen LogP contribution is -2.42. The second-order valence-corrected chi connectivity index (χ2v) is 7.95. The van der Waals surface area contributed by atoms with Gasteiger partial charge in [-0.05, 0) is 48.9 Å². The first-order valence-electron chi connectivity index (χ1n) is 9.40. The summed E-state index contributed by atoms with van der Waals surface area (Å²) in [6.45, 7) is 6.46. The molecule has 0 bridgehead atoms. The number of benzene rings is 1. The van der Waals surface area contributed by atoms with Crippen LogP contribution in [0.4, 0.5) is 0 Å². The van der Waals surface area contributed by atoms with Gasteiger partial charge in [-0.15, -0.1) is 11.3 Å². The third-order valence-electron chi connectivity index (χ3n) is 5.14. The second kappa shape index (κ2) is 8.14. The number of hydrogen-bond acceptors (Lipinski definition) is 4.